The van der Waals surface area contributed by atoms with E-state index in [1.165, 1.54) is 0 Å². The van der Waals surface area contributed by atoms with Crippen molar-refractivity contribution in [1.82, 2.24) is 14.9 Å². The molecule has 0 radical (unpaired) electrons. The molecule has 6 heteroatoms. The van der Waals surface area contributed by atoms with Gasteiger partial charge in [-0.2, -0.15) is 0 Å². The lowest BCUT2D eigenvalue weighted by Crippen LogP contribution is -2.18. The van der Waals surface area contributed by atoms with Crippen LogP contribution in [0.3, 0.4) is 0 Å². The summed E-state index contributed by atoms with van der Waals surface area (Å²) in [6.45, 7) is 3.72. The maximum absolute atomic E-state index is 11.7. The molecule has 0 atom stereocenters. The molecule has 112 valence electrons. The lowest BCUT2D eigenvalue weighted by molar-refractivity contribution is 0.0963. The first-order valence-electron chi connectivity index (χ1n) is 6.90. The van der Waals surface area contributed by atoms with Crippen molar-refractivity contribution in [2.75, 3.05) is 12.4 Å². The standard InChI is InChI=1S/C15H19ClN4O/c1-3-6-20-10-18-8-12(20)9-19-11-4-5-14(16)13(7-11)15(21)17-2/h4-5,7-8,10,19H,3,6,9H2,1-2H3,(H,17,21). The molecule has 2 N–H and O–H groups in total. The van der Waals surface area contributed by atoms with E-state index in [0.717, 1.165) is 24.3 Å². The van der Waals surface area contributed by atoms with E-state index in [4.69, 9.17) is 11.6 Å². The van der Waals surface area contributed by atoms with Crippen LogP contribution in [0.25, 0.3) is 0 Å². The van der Waals surface area contributed by atoms with Crippen LogP contribution in [-0.2, 0) is 13.1 Å². The van der Waals surface area contributed by atoms with Gasteiger partial charge in [0.15, 0.2) is 0 Å². The van der Waals surface area contributed by atoms with E-state index in [0.29, 0.717) is 17.1 Å². The smallest absolute Gasteiger partial charge is 0.252 e. The van der Waals surface area contributed by atoms with Gasteiger partial charge < -0.3 is 15.2 Å². The summed E-state index contributed by atoms with van der Waals surface area (Å²) in [5.74, 6) is -0.195. The summed E-state index contributed by atoms with van der Waals surface area (Å²) < 4.78 is 2.11. The van der Waals surface area contributed by atoms with Crippen LogP contribution in [0.15, 0.2) is 30.7 Å². The average Bonchev–Trinajstić information content (AvgIpc) is 2.93. The van der Waals surface area contributed by atoms with Gasteiger partial charge >= 0.3 is 0 Å². The lowest BCUT2D eigenvalue weighted by Gasteiger charge is -2.11. The monoisotopic (exact) mass is 306 g/mol. The number of halogens is 1. The highest BCUT2D eigenvalue weighted by molar-refractivity contribution is 6.34. The second-order valence-corrected chi connectivity index (χ2v) is 5.11. The Hall–Kier alpha value is -2.01. The third-order valence-electron chi connectivity index (χ3n) is 3.17. The van der Waals surface area contributed by atoms with E-state index >= 15 is 0 Å². The van der Waals surface area contributed by atoms with Crippen LogP contribution in [0.2, 0.25) is 5.02 Å². The third-order valence-corrected chi connectivity index (χ3v) is 3.50. The highest BCUT2D eigenvalue weighted by Crippen LogP contribution is 2.21. The van der Waals surface area contributed by atoms with E-state index < -0.39 is 0 Å². The molecule has 1 aromatic carbocycles. The summed E-state index contributed by atoms with van der Waals surface area (Å²) in [4.78, 5) is 15.9. The van der Waals surface area contributed by atoms with Crippen LogP contribution in [0.4, 0.5) is 5.69 Å². The highest BCUT2D eigenvalue weighted by atomic mass is 35.5. The van der Waals surface area contributed by atoms with Crippen molar-refractivity contribution in [3.05, 3.63) is 47.0 Å². The van der Waals surface area contributed by atoms with Gasteiger partial charge in [-0.15, -0.1) is 0 Å². The number of aromatic nitrogens is 2. The number of hydrogen-bond acceptors (Lipinski definition) is 3. The molecule has 0 spiro atoms. The van der Waals surface area contributed by atoms with Crippen molar-refractivity contribution in [3.63, 3.8) is 0 Å². The fourth-order valence-electron chi connectivity index (χ4n) is 2.07. The van der Waals surface area contributed by atoms with Gasteiger partial charge in [-0.05, 0) is 24.6 Å². The second-order valence-electron chi connectivity index (χ2n) is 4.71. The van der Waals surface area contributed by atoms with Crippen molar-refractivity contribution >= 4 is 23.2 Å². The molecule has 0 aliphatic rings. The largest absolute Gasteiger partial charge is 0.379 e. The number of benzene rings is 1. The zero-order chi connectivity index (χ0) is 15.2. The molecule has 0 saturated heterocycles. The summed E-state index contributed by atoms with van der Waals surface area (Å²) in [6, 6.07) is 5.33. The van der Waals surface area contributed by atoms with Crippen LogP contribution >= 0.6 is 11.6 Å². The maximum Gasteiger partial charge on any atom is 0.252 e. The fraction of sp³-hybridized carbons (Fsp3) is 0.333. The molecule has 0 fully saturated rings. The van der Waals surface area contributed by atoms with Crippen LogP contribution in [-0.4, -0.2) is 22.5 Å². The SMILES string of the molecule is CCCn1cncc1CNc1ccc(Cl)c(C(=O)NC)c1. The minimum atomic E-state index is -0.195. The number of carbonyl (C=O) groups is 1. The predicted molar refractivity (Wildman–Crippen MR) is 84.7 cm³/mol. The molecule has 5 nitrogen and oxygen atoms in total. The van der Waals surface area contributed by atoms with Gasteiger partial charge in [0.2, 0.25) is 0 Å². The molecule has 0 aliphatic carbocycles. The molecule has 0 saturated carbocycles. The van der Waals surface area contributed by atoms with Crippen LogP contribution in [0.5, 0.6) is 0 Å². The summed E-state index contributed by atoms with van der Waals surface area (Å²) >= 11 is 6.03. The van der Waals surface area contributed by atoms with Crippen LogP contribution < -0.4 is 10.6 Å². The van der Waals surface area contributed by atoms with Gasteiger partial charge in [0, 0.05) is 25.5 Å². The first-order chi connectivity index (χ1) is 10.2. The first kappa shape index (κ1) is 15.4. The molecule has 2 aromatic rings. The van der Waals surface area contributed by atoms with Crippen LogP contribution in [0.1, 0.15) is 29.4 Å². The number of anilines is 1. The summed E-state index contributed by atoms with van der Waals surface area (Å²) in [7, 11) is 1.59. The molecule has 1 amide bonds. The van der Waals surface area contributed by atoms with E-state index in [1.807, 2.05) is 18.6 Å². The molecule has 21 heavy (non-hydrogen) atoms. The van der Waals surface area contributed by atoms with Gasteiger partial charge in [0.25, 0.3) is 5.91 Å². The number of carbonyl (C=O) groups excluding carboxylic acids is 1. The minimum absolute atomic E-state index is 0.195. The highest BCUT2D eigenvalue weighted by Gasteiger charge is 2.09. The fourth-order valence-corrected chi connectivity index (χ4v) is 2.28. The zero-order valence-electron chi connectivity index (χ0n) is 12.2. The molecular weight excluding hydrogens is 288 g/mol. The summed E-state index contributed by atoms with van der Waals surface area (Å²) in [6.07, 6.45) is 4.74. The number of nitrogens with one attached hydrogen (secondary N) is 2. The zero-order valence-corrected chi connectivity index (χ0v) is 12.9. The second kappa shape index (κ2) is 7.13. The Kier molecular flexibility index (Phi) is 5.22. The van der Waals surface area contributed by atoms with Gasteiger partial charge in [-0.1, -0.05) is 18.5 Å². The topological polar surface area (TPSA) is 59.0 Å². The van der Waals surface area contributed by atoms with E-state index in [9.17, 15) is 4.79 Å². The molecular formula is C15H19ClN4O. The van der Waals surface area contributed by atoms with E-state index in [2.05, 4.69) is 27.1 Å². The van der Waals surface area contributed by atoms with Gasteiger partial charge in [0.05, 0.1) is 29.2 Å². The molecule has 1 aromatic heterocycles. The third kappa shape index (κ3) is 3.76. The Morgan fingerprint density at radius 2 is 2.24 bits per heavy atom. The Bertz CT molecular complexity index is 624. The summed E-state index contributed by atoms with van der Waals surface area (Å²) in [5.41, 5.74) is 2.42. The van der Waals surface area contributed by atoms with Gasteiger partial charge in [-0.25, -0.2) is 4.98 Å². The number of rotatable bonds is 6. The van der Waals surface area contributed by atoms with E-state index in [1.54, 1.807) is 19.2 Å². The number of nitrogens with zero attached hydrogens (tertiary/aromatic N) is 2. The molecule has 2 rings (SSSR count). The molecule has 0 aliphatic heterocycles. The number of imidazole rings is 1. The Balaban J connectivity index is 2.09. The van der Waals surface area contributed by atoms with Gasteiger partial charge in [0.1, 0.15) is 0 Å². The Labute approximate surface area is 129 Å². The lowest BCUT2D eigenvalue weighted by atomic mass is 10.2. The predicted octanol–water partition coefficient (Wildman–Crippen LogP) is 2.92. The number of aryl methyl sites for hydroxylation is 1. The van der Waals surface area contributed by atoms with Crippen molar-refractivity contribution in [3.8, 4) is 0 Å². The number of hydrogen-bond donors (Lipinski definition) is 2. The van der Waals surface area contributed by atoms with Crippen molar-refractivity contribution < 1.29 is 4.79 Å². The molecule has 0 bridgehead atoms. The van der Waals surface area contributed by atoms with Crippen molar-refractivity contribution in [2.45, 2.75) is 26.4 Å². The number of amides is 1. The normalized spacial score (nSPS) is 10.4. The van der Waals surface area contributed by atoms with Crippen molar-refractivity contribution in [1.29, 1.82) is 0 Å². The van der Waals surface area contributed by atoms with Crippen LogP contribution in [0, 0.1) is 0 Å². The maximum atomic E-state index is 11.7. The molecule has 0 unspecified atom stereocenters. The molecule has 1 heterocycles. The Morgan fingerprint density at radius 1 is 1.43 bits per heavy atom. The first-order valence-corrected chi connectivity index (χ1v) is 7.28. The van der Waals surface area contributed by atoms with Gasteiger partial charge in [-0.3, -0.25) is 4.79 Å². The quantitative estimate of drug-likeness (QED) is 0.862. The van der Waals surface area contributed by atoms with Crippen molar-refractivity contribution in [2.24, 2.45) is 0 Å². The average molecular weight is 307 g/mol. The minimum Gasteiger partial charge on any atom is -0.379 e. The Morgan fingerprint density at radius 3 is 2.95 bits per heavy atom. The summed E-state index contributed by atoms with van der Waals surface area (Å²) in [5, 5.41) is 6.31. The van der Waals surface area contributed by atoms with E-state index in [-0.39, 0.29) is 5.91 Å².